The number of hydrogen-bond donors (Lipinski definition) is 4. The molecule has 0 bridgehead atoms. The van der Waals surface area contributed by atoms with E-state index in [0.717, 1.165) is 34.7 Å². The zero-order chi connectivity index (χ0) is 29.2. The minimum absolute atomic E-state index is 0.0137. The van der Waals surface area contributed by atoms with Crippen LogP contribution >= 0.6 is 46.9 Å². The lowest BCUT2D eigenvalue weighted by Crippen LogP contribution is -2.61. The number of thiophene rings is 2. The second kappa shape index (κ2) is 10.9. The number of benzene rings is 2. The van der Waals surface area contributed by atoms with Gasteiger partial charge in [-0.15, -0.1) is 22.7 Å². The summed E-state index contributed by atoms with van der Waals surface area (Å²) in [6, 6.07) is 22.3. The predicted molar refractivity (Wildman–Crippen MR) is 167 cm³/mol. The van der Waals surface area contributed by atoms with Gasteiger partial charge in [-0.3, -0.25) is 0 Å². The van der Waals surface area contributed by atoms with Crippen LogP contribution in [0.3, 0.4) is 0 Å². The van der Waals surface area contributed by atoms with Crippen molar-refractivity contribution in [2.45, 2.75) is 61.7 Å². The Hall–Kier alpha value is -1.90. The largest absolute Gasteiger partial charge is 0.270 e. The standard InChI is InChI=1S/C30H28F4N4S4/c1-29(31,32)17-7-3-15(4-8-17)19-11-13-21(39-19)23-25-27(37-41-35-25)24(28-26(23)36-42-38-28)22-14-12-20(40-22)16-5-9-18(10-6-16)30(2,33)34/h3-14,23-28,35-38H,1-2H3. The van der Waals surface area contributed by atoms with Crippen LogP contribution in [0.5, 0.6) is 0 Å². The predicted octanol–water partition coefficient (Wildman–Crippen LogP) is 8.23. The Labute approximate surface area is 258 Å². The van der Waals surface area contributed by atoms with Crippen LogP contribution in [0.1, 0.15) is 46.6 Å². The van der Waals surface area contributed by atoms with Crippen LogP contribution in [0.25, 0.3) is 20.9 Å². The second-order valence-corrected chi connectivity index (χ2v) is 14.7. The molecule has 2 saturated heterocycles. The molecule has 0 radical (unpaired) electrons. The van der Waals surface area contributed by atoms with E-state index in [1.165, 1.54) is 58.3 Å². The van der Waals surface area contributed by atoms with E-state index in [9.17, 15) is 17.6 Å². The molecular formula is C30H28F4N4S4. The lowest BCUT2D eigenvalue weighted by Gasteiger charge is -2.45. The number of nitrogens with one attached hydrogen (secondary N) is 4. The molecule has 4 atom stereocenters. The van der Waals surface area contributed by atoms with E-state index in [2.05, 4.69) is 43.2 Å². The number of fused-ring (bicyclic) bond motifs is 2. The normalized spacial score (nSPS) is 27.7. The SMILES string of the molecule is CC(F)(F)c1ccc(-c2ccc(C3C4NSNC4C(c4ccc(-c5ccc(C(C)(F)F)cc5)s4)C4NSNC43)s2)cc1. The van der Waals surface area contributed by atoms with Gasteiger partial charge in [0.1, 0.15) is 0 Å². The maximum Gasteiger partial charge on any atom is 0.270 e. The maximum absolute atomic E-state index is 13.7. The highest BCUT2D eigenvalue weighted by molar-refractivity contribution is 7.96. The molecule has 3 fully saturated rings. The highest BCUT2D eigenvalue weighted by Crippen LogP contribution is 2.50. The summed E-state index contributed by atoms with van der Waals surface area (Å²) < 4.78 is 69.5. The lowest BCUT2D eigenvalue weighted by atomic mass is 9.68. The topological polar surface area (TPSA) is 48.1 Å². The molecule has 2 aromatic carbocycles. The van der Waals surface area contributed by atoms with Crippen LogP contribution in [0.2, 0.25) is 0 Å². The molecule has 42 heavy (non-hydrogen) atoms. The minimum atomic E-state index is -2.86. The minimum Gasteiger partial charge on any atom is -0.245 e. The number of alkyl halides is 4. The number of rotatable bonds is 6. The average molecular weight is 649 g/mol. The molecule has 4 heterocycles. The van der Waals surface area contributed by atoms with E-state index in [4.69, 9.17) is 0 Å². The summed E-state index contributed by atoms with van der Waals surface area (Å²) in [5.41, 5.74) is 1.89. The van der Waals surface area contributed by atoms with Crippen LogP contribution in [0.15, 0.2) is 72.8 Å². The van der Waals surface area contributed by atoms with Crippen molar-refractivity contribution in [3.8, 4) is 20.9 Å². The lowest BCUT2D eigenvalue weighted by molar-refractivity contribution is 0.0168. The van der Waals surface area contributed by atoms with Crippen LogP contribution < -0.4 is 18.9 Å². The van der Waals surface area contributed by atoms with E-state index in [0.29, 0.717) is 0 Å². The van der Waals surface area contributed by atoms with Crippen molar-refractivity contribution >= 4 is 46.9 Å². The molecule has 12 heteroatoms. The van der Waals surface area contributed by atoms with E-state index in [1.54, 1.807) is 46.9 Å². The van der Waals surface area contributed by atoms with E-state index < -0.39 is 11.8 Å². The Kier molecular flexibility index (Phi) is 7.50. The van der Waals surface area contributed by atoms with Crippen LogP contribution in [-0.4, -0.2) is 24.2 Å². The fourth-order valence-electron chi connectivity index (χ4n) is 6.20. The molecule has 4 unspecified atom stereocenters. The van der Waals surface area contributed by atoms with Crippen molar-refractivity contribution in [3.63, 3.8) is 0 Å². The van der Waals surface area contributed by atoms with Gasteiger partial charge in [0.25, 0.3) is 11.8 Å². The quantitative estimate of drug-likeness (QED) is 0.125. The van der Waals surface area contributed by atoms with Gasteiger partial charge in [0.05, 0.1) is 0 Å². The Morgan fingerprint density at radius 2 is 0.833 bits per heavy atom. The second-order valence-electron chi connectivity index (χ2n) is 11.2. The van der Waals surface area contributed by atoms with Gasteiger partial charge >= 0.3 is 0 Å². The molecule has 3 aliphatic rings. The van der Waals surface area contributed by atoms with Gasteiger partial charge in [-0.1, -0.05) is 48.5 Å². The summed E-state index contributed by atoms with van der Waals surface area (Å²) in [6.07, 6.45) is 0. The first-order valence-electron chi connectivity index (χ1n) is 13.6. The van der Waals surface area contributed by atoms with E-state index >= 15 is 0 Å². The summed E-state index contributed by atoms with van der Waals surface area (Å²) in [4.78, 5) is 4.59. The number of hydrogen-bond acceptors (Lipinski definition) is 8. The van der Waals surface area contributed by atoms with Crippen molar-refractivity contribution in [3.05, 3.63) is 93.7 Å². The molecule has 4 nitrogen and oxygen atoms in total. The fraction of sp³-hybridized carbons (Fsp3) is 0.333. The molecule has 4 N–H and O–H groups in total. The third-order valence-electron chi connectivity index (χ3n) is 8.36. The average Bonchev–Trinajstić information content (AvgIpc) is 3.77. The Bertz CT molecular complexity index is 1420. The molecule has 2 aromatic heterocycles. The third kappa shape index (κ3) is 5.23. The first kappa shape index (κ1) is 28.8. The Morgan fingerprint density at radius 3 is 1.14 bits per heavy atom. The molecule has 7 rings (SSSR count). The third-order valence-corrected chi connectivity index (χ3v) is 12.4. The summed E-state index contributed by atoms with van der Waals surface area (Å²) in [6.45, 7) is 1.83. The van der Waals surface area contributed by atoms with Gasteiger partial charge in [-0.25, -0.2) is 36.5 Å². The zero-order valence-electron chi connectivity index (χ0n) is 22.5. The van der Waals surface area contributed by atoms with Crippen molar-refractivity contribution in [1.29, 1.82) is 0 Å². The molecule has 220 valence electrons. The van der Waals surface area contributed by atoms with Crippen LogP contribution in [0, 0.1) is 0 Å². The Balaban J connectivity index is 1.16. The van der Waals surface area contributed by atoms with Crippen LogP contribution in [0.4, 0.5) is 17.6 Å². The number of halogens is 4. The molecular weight excluding hydrogens is 621 g/mol. The van der Waals surface area contributed by atoms with Gasteiger partial charge in [-0.05, 0) is 35.4 Å². The highest BCUT2D eigenvalue weighted by atomic mass is 32.2. The van der Waals surface area contributed by atoms with Gasteiger partial charge in [0, 0.05) is 105 Å². The fourth-order valence-corrected chi connectivity index (χ4v) is 10.5. The first-order chi connectivity index (χ1) is 20.1. The van der Waals surface area contributed by atoms with Crippen LogP contribution in [-0.2, 0) is 11.8 Å². The summed E-state index contributed by atoms with van der Waals surface area (Å²) in [7, 11) is 0. The van der Waals surface area contributed by atoms with Gasteiger partial charge in [0.2, 0.25) is 0 Å². The first-order valence-corrected chi connectivity index (χ1v) is 16.9. The summed E-state index contributed by atoms with van der Waals surface area (Å²) in [5, 5.41) is 0. The van der Waals surface area contributed by atoms with Gasteiger partial charge in [0.15, 0.2) is 0 Å². The zero-order valence-corrected chi connectivity index (χ0v) is 25.8. The highest BCUT2D eigenvalue weighted by Gasteiger charge is 2.56. The van der Waals surface area contributed by atoms with Gasteiger partial charge < -0.3 is 0 Å². The summed E-state index contributed by atoms with van der Waals surface area (Å²) >= 11 is 6.49. The maximum atomic E-state index is 13.7. The van der Waals surface area contributed by atoms with Crippen molar-refractivity contribution in [2.24, 2.45) is 0 Å². The van der Waals surface area contributed by atoms with Gasteiger partial charge in [-0.2, -0.15) is 0 Å². The van der Waals surface area contributed by atoms with Crippen molar-refractivity contribution in [1.82, 2.24) is 18.9 Å². The summed E-state index contributed by atoms with van der Waals surface area (Å²) in [5.74, 6) is -5.36. The monoisotopic (exact) mass is 648 g/mol. The van der Waals surface area contributed by atoms with Crippen molar-refractivity contribution < 1.29 is 17.6 Å². The molecule has 2 aliphatic heterocycles. The molecule has 1 aliphatic carbocycles. The Morgan fingerprint density at radius 1 is 0.500 bits per heavy atom. The molecule has 1 saturated carbocycles. The molecule has 0 amide bonds. The van der Waals surface area contributed by atoms with E-state index in [-0.39, 0.29) is 47.1 Å². The molecule has 4 aromatic rings. The van der Waals surface area contributed by atoms with E-state index in [1.807, 2.05) is 0 Å². The molecule has 0 spiro atoms. The van der Waals surface area contributed by atoms with Crippen molar-refractivity contribution in [2.75, 3.05) is 0 Å². The smallest absolute Gasteiger partial charge is 0.245 e.